The van der Waals surface area contributed by atoms with Crippen molar-refractivity contribution in [3.05, 3.63) is 77.2 Å². The maximum atomic E-state index is 13.0. The van der Waals surface area contributed by atoms with Crippen LogP contribution in [0.5, 0.6) is 0 Å². The summed E-state index contributed by atoms with van der Waals surface area (Å²) in [5.41, 5.74) is 0.328. The van der Waals surface area contributed by atoms with Crippen LogP contribution in [0.15, 0.2) is 66.0 Å². The van der Waals surface area contributed by atoms with Crippen LogP contribution in [0.2, 0.25) is 0 Å². The summed E-state index contributed by atoms with van der Waals surface area (Å²) in [6, 6.07) is 15.0. The number of urea groups is 1. The van der Waals surface area contributed by atoms with E-state index in [-0.39, 0.29) is 12.2 Å². The fourth-order valence-electron chi connectivity index (χ4n) is 2.63. The molecule has 0 aliphatic heterocycles. The lowest BCUT2D eigenvalue weighted by atomic mass is 10.1. The number of rotatable bonds is 5. The van der Waals surface area contributed by atoms with Gasteiger partial charge in [-0.2, -0.15) is 13.2 Å². The number of aliphatic hydroxyl groups is 1. The minimum atomic E-state index is -4.58. The van der Waals surface area contributed by atoms with Crippen molar-refractivity contribution in [2.75, 3.05) is 11.9 Å². The molecule has 0 radical (unpaired) electrons. The van der Waals surface area contributed by atoms with Crippen molar-refractivity contribution in [3.63, 3.8) is 0 Å². The van der Waals surface area contributed by atoms with Crippen LogP contribution >= 0.6 is 11.3 Å². The number of thiophene rings is 1. The van der Waals surface area contributed by atoms with Crippen molar-refractivity contribution < 1.29 is 23.1 Å². The number of benzene rings is 2. The summed E-state index contributed by atoms with van der Waals surface area (Å²) >= 11 is 1.60. The van der Waals surface area contributed by atoms with E-state index in [1.807, 2.05) is 29.6 Å². The molecule has 28 heavy (non-hydrogen) atoms. The van der Waals surface area contributed by atoms with Crippen LogP contribution in [0.4, 0.5) is 23.7 Å². The third-order valence-corrected chi connectivity index (χ3v) is 4.96. The molecule has 0 aliphatic rings. The fourth-order valence-corrected chi connectivity index (χ4v) is 3.36. The van der Waals surface area contributed by atoms with Crippen LogP contribution < -0.4 is 10.6 Å². The van der Waals surface area contributed by atoms with Gasteiger partial charge in [0.1, 0.15) is 0 Å². The van der Waals surface area contributed by atoms with Crippen LogP contribution in [0, 0.1) is 0 Å². The summed E-state index contributed by atoms with van der Waals surface area (Å²) in [5.74, 6) is 0. The van der Waals surface area contributed by atoms with Gasteiger partial charge < -0.3 is 15.7 Å². The van der Waals surface area contributed by atoms with E-state index in [1.54, 1.807) is 23.5 Å². The van der Waals surface area contributed by atoms with Gasteiger partial charge in [-0.15, -0.1) is 11.3 Å². The van der Waals surface area contributed by atoms with Crippen LogP contribution in [0.25, 0.3) is 10.4 Å². The molecule has 2 amide bonds. The highest BCUT2D eigenvalue weighted by molar-refractivity contribution is 7.13. The molecule has 0 bridgehead atoms. The number of hydrogen-bond donors (Lipinski definition) is 3. The lowest BCUT2D eigenvalue weighted by Crippen LogP contribution is -2.33. The van der Waals surface area contributed by atoms with Gasteiger partial charge in [0.25, 0.3) is 0 Å². The molecule has 1 unspecified atom stereocenters. The molecule has 146 valence electrons. The average molecular weight is 406 g/mol. The van der Waals surface area contributed by atoms with Crippen molar-refractivity contribution in [2.45, 2.75) is 12.3 Å². The van der Waals surface area contributed by atoms with Gasteiger partial charge in [-0.05, 0) is 34.7 Å². The van der Waals surface area contributed by atoms with E-state index in [2.05, 4.69) is 10.6 Å². The van der Waals surface area contributed by atoms with Crippen LogP contribution in [-0.4, -0.2) is 17.7 Å². The van der Waals surface area contributed by atoms with Crippen molar-refractivity contribution in [1.82, 2.24) is 5.32 Å². The quantitative estimate of drug-likeness (QED) is 0.539. The van der Waals surface area contributed by atoms with Crippen molar-refractivity contribution in [1.29, 1.82) is 0 Å². The number of alkyl halides is 3. The molecule has 1 atom stereocenters. The minimum absolute atomic E-state index is 0.141. The number of halogens is 3. The maximum absolute atomic E-state index is 13.0. The highest BCUT2D eigenvalue weighted by atomic mass is 32.1. The summed E-state index contributed by atoms with van der Waals surface area (Å²) in [7, 11) is 0. The first-order valence-electron chi connectivity index (χ1n) is 8.37. The Morgan fingerprint density at radius 1 is 1.04 bits per heavy atom. The van der Waals surface area contributed by atoms with E-state index < -0.39 is 23.9 Å². The lowest BCUT2D eigenvalue weighted by Gasteiger charge is -2.16. The topological polar surface area (TPSA) is 61.4 Å². The number of amides is 2. The summed E-state index contributed by atoms with van der Waals surface area (Å²) in [4.78, 5) is 13.0. The second-order valence-electron chi connectivity index (χ2n) is 5.99. The Hall–Kier alpha value is -2.84. The van der Waals surface area contributed by atoms with E-state index in [1.165, 1.54) is 18.2 Å². The van der Waals surface area contributed by atoms with Gasteiger partial charge in [0.05, 0.1) is 17.4 Å². The Labute approximate surface area is 163 Å². The van der Waals surface area contributed by atoms with E-state index in [4.69, 9.17) is 0 Å². The summed E-state index contributed by atoms with van der Waals surface area (Å²) in [5, 5.41) is 16.7. The van der Waals surface area contributed by atoms with Gasteiger partial charge in [0, 0.05) is 11.4 Å². The lowest BCUT2D eigenvalue weighted by molar-refractivity contribution is -0.136. The van der Waals surface area contributed by atoms with E-state index in [9.17, 15) is 23.1 Å². The number of para-hydroxylation sites is 1. The summed E-state index contributed by atoms with van der Waals surface area (Å²) in [6.45, 7) is -0.141. The van der Waals surface area contributed by atoms with Crippen molar-refractivity contribution in [3.8, 4) is 10.4 Å². The second kappa shape index (κ2) is 8.45. The molecule has 0 fully saturated rings. The largest absolute Gasteiger partial charge is 0.418 e. The molecule has 0 spiro atoms. The third-order valence-electron chi connectivity index (χ3n) is 4.04. The molecule has 3 aromatic rings. The molecular weight excluding hydrogens is 389 g/mol. The normalized spacial score (nSPS) is 12.4. The SMILES string of the molecule is O=C(NCC(O)c1ccc(-c2cccs2)cc1)Nc1ccccc1C(F)(F)F. The monoisotopic (exact) mass is 406 g/mol. The fraction of sp³-hybridized carbons (Fsp3) is 0.150. The van der Waals surface area contributed by atoms with Crippen LogP contribution in [0.3, 0.4) is 0 Å². The number of nitrogens with one attached hydrogen (secondary N) is 2. The van der Waals surface area contributed by atoms with Gasteiger partial charge in [0.15, 0.2) is 0 Å². The van der Waals surface area contributed by atoms with Gasteiger partial charge >= 0.3 is 12.2 Å². The van der Waals surface area contributed by atoms with E-state index >= 15 is 0 Å². The van der Waals surface area contributed by atoms with Gasteiger partial charge in [-0.3, -0.25) is 0 Å². The number of carbonyl (C=O) groups is 1. The third kappa shape index (κ3) is 4.90. The molecule has 1 aromatic heterocycles. The van der Waals surface area contributed by atoms with E-state index in [0.717, 1.165) is 16.5 Å². The first-order valence-corrected chi connectivity index (χ1v) is 9.25. The molecule has 4 nitrogen and oxygen atoms in total. The average Bonchev–Trinajstić information content (AvgIpc) is 3.20. The second-order valence-corrected chi connectivity index (χ2v) is 6.94. The molecule has 1 heterocycles. The Kier molecular flexibility index (Phi) is 6.01. The predicted octanol–water partition coefficient (Wildman–Crippen LogP) is 5.29. The zero-order valence-corrected chi connectivity index (χ0v) is 15.3. The number of aliphatic hydroxyl groups excluding tert-OH is 1. The highest BCUT2D eigenvalue weighted by Gasteiger charge is 2.33. The van der Waals surface area contributed by atoms with Crippen molar-refractivity contribution in [2.24, 2.45) is 0 Å². The van der Waals surface area contributed by atoms with Gasteiger partial charge in [-0.25, -0.2) is 4.79 Å². The molecular formula is C20H17F3N2O2S. The minimum Gasteiger partial charge on any atom is -0.387 e. The summed E-state index contributed by atoms with van der Waals surface area (Å²) < 4.78 is 38.9. The maximum Gasteiger partial charge on any atom is 0.418 e. The van der Waals surface area contributed by atoms with Crippen molar-refractivity contribution >= 4 is 23.1 Å². The van der Waals surface area contributed by atoms with Crippen LogP contribution in [0.1, 0.15) is 17.2 Å². The van der Waals surface area contributed by atoms with Crippen LogP contribution in [-0.2, 0) is 6.18 Å². The molecule has 0 aliphatic carbocycles. The summed E-state index contributed by atoms with van der Waals surface area (Å²) in [6.07, 6.45) is -5.56. The standard InChI is InChI=1S/C20H17F3N2O2S/c21-20(22,23)15-4-1-2-5-16(15)25-19(27)24-12-17(26)13-7-9-14(10-8-13)18-6-3-11-28-18/h1-11,17,26H,12H2,(H2,24,25,27). The Bertz CT molecular complexity index is 925. The smallest absolute Gasteiger partial charge is 0.387 e. The Balaban J connectivity index is 1.58. The highest BCUT2D eigenvalue weighted by Crippen LogP contribution is 2.34. The zero-order chi connectivity index (χ0) is 20.1. The first-order chi connectivity index (χ1) is 13.3. The number of hydrogen-bond acceptors (Lipinski definition) is 3. The molecule has 0 saturated carbocycles. The molecule has 8 heteroatoms. The number of anilines is 1. The van der Waals surface area contributed by atoms with Gasteiger partial charge in [-0.1, -0.05) is 42.5 Å². The first kappa shape index (κ1) is 19.9. The Morgan fingerprint density at radius 3 is 2.39 bits per heavy atom. The zero-order valence-electron chi connectivity index (χ0n) is 14.5. The predicted molar refractivity (Wildman–Crippen MR) is 103 cm³/mol. The Morgan fingerprint density at radius 2 is 1.75 bits per heavy atom. The molecule has 3 N–H and O–H groups in total. The van der Waals surface area contributed by atoms with Gasteiger partial charge in [0.2, 0.25) is 0 Å². The molecule has 2 aromatic carbocycles. The molecule has 0 saturated heterocycles. The van der Waals surface area contributed by atoms with E-state index in [0.29, 0.717) is 5.56 Å². The number of carbonyl (C=O) groups excluding carboxylic acids is 1. The molecule has 3 rings (SSSR count).